The average molecular weight is 562 g/mol. The number of carbonyl (C=O) groups is 3. The van der Waals surface area contributed by atoms with E-state index in [0.29, 0.717) is 11.3 Å². The number of nitrogens with zero attached hydrogens (tertiary/aromatic N) is 3. The molecule has 0 unspecified atom stereocenters. The summed E-state index contributed by atoms with van der Waals surface area (Å²) in [4.78, 5) is 41.0. The van der Waals surface area contributed by atoms with Gasteiger partial charge in [-0.15, -0.1) is 5.10 Å². The lowest BCUT2D eigenvalue weighted by Gasteiger charge is -2.30. The molecule has 1 aromatic heterocycles. The van der Waals surface area contributed by atoms with Gasteiger partial charge in [-0.3, -0.25) is 0 Å². The summed E-state index contributed by atoms with van der Waals surface area (Å²) in [5, 5.41) is 8.89. The second-order valence-corrected chi connectivity index (χ2v) is 9.30. The third kappa shape index (κ3) is 6.76. The van der Waals surface area contributed by atoms with Gasteiger partial charge in [0.15, 0.2) is 12.2 Å². The van der Waals surface area contributed by atoms with Crippen LogP contribution in [-0.2, 0) is 14.2 Å². The molecule has 0 aliphatic carbocycles. The SMILES string of the molecule is C[C@@H](OC(=O)c1ccccc1)[C@@H](OC(=O)c1ccccc1)[C@H](OC(=O)c1ccccc1)c1cnn(-c2ccccc2)n1. The van der Waals surface area contributed by atoms with Crippen molar-refractivity contribution < 1.29 is 28.6 Å². The normalized spacial score (nSPS) is 12.9. The Morgan fingerprint density at radius 1 is 0.595 bits per heavy atom. The van der Waals surface area contributed by atoms with Crippen LogP contribution in [0.1, 0.15) is 49.8 Å². The highest BCUT2D eigenvalue weighted by Gasteiger charge is 2.39. The predicted octanol–water partition coefficient (Wildman–Crippen LogP) is 5.64. The molecule has 4 aromatic carbocycles. The van der Waals surface area contributed by atoms with E-state index in [2.05, 4.69) is 10.2 Å². The molecule has 3 atom stereocenters. The van der Waals surface area contributed by atoms with Gasteiger partial charge in [-0.25, -0.2) is 14.4 Å². The van der Waals surface area contributed by atoms with Crippen LogP contribution in [0.3, 0.4) is 0 Å². The van der Waals surface area contributed by atoms with Crippen molar-refractivity contribution >= 4 is 17.9 Å². The van der Waals surface area contributed by atoms with E-state index in [0.717, 1.165) is 0 Å². The molecular formula is C33H27N3O6. The van der Waals surface area contributed by atoms with E-state index in [-0.39, 0.29) is 16.8 Å². The van der Waals surface area contributed by atoms with E-state index in [4.69, 9.17) is 14.2 Å². The third-order valence-corrected chi connectivity index (χ3v) is 6.35. The van der Waals surface area contributed by atoms with Crippen molar-refractivity contribution in [3.63, 3.8) is 0 Å². The highest BCUT2D eigenvalue weighted by molar-refractivity contribution is 5.91. The summed E-state index contributed by atoms with van der Waals surface area (Å²) in [6, 6.07) is 34.3. The molecule has 42 heavy (non-hydrogen) atoms. The Balaban J connectivity index is 1.53. The highest BCUT2D eigenvalue weighted by Crippen LogP contribution is 2.29. The van der Waals surface area contributed by atoms with Gasteiger partial charge >= 0.3 is 17.9 Å². The lowest BCUT2D eigenvalue weighted by atomic mass is 10.1. The zero-order valence-corrected chi connectivity index (χ0v) is 22.6. The van der Waals surface area contributed by atoms with Gasteiger partial charge in [0.2, 0.25) is 0 Å². The summed E-state index contributed by atoms with van der Waals surface area (Å²) in [5.41, 5.74) is 1.71. The number of hydrogen-bond donors (Lipinski definition) is 0. The summed E-state index contributed by atoms with van der Waals surface area (Å²) < 4.78 is 17.6. The van der Waals surface area contributed by atoms with Crippen molar-refractivity contribution in [2.24, 2.45) is 0 Å². The molecule has 0 bridgehead atoms. The standard InChI is InChI=1S/C33H27N3O6/c1-23(40-31(37)24-14-6-2-7-15-24)29(41-32(38)25-16-8-3-9-17-25)30(42-33(39)26-18-10-4-11-19-26)28-22-34-36(35-28)27-20-12-5-13-21-27/h2-23,29-30H,1H3/t23-,29-,30-/m1/s1. The van der Waals surface area contributed by atoms with Crippen molar-refractivity contribution in [1.29, 1.82) is 0 Å². The number of carbonyl (C=O) groups excluding carboxylic acids is 3. The Morgan fingerprint density at radius 2 is 1.02 bits per heavy atom. The number of para-hydroxylation sites is 1. The summed E-state index contributed by atoms with van der Waals surface area (Å²) >= 11 is 0. The molecule has 5 aromatic rings. The molecule has 5 rings (SSSR count). The maximum Gasteiger partial charge on any atom is 0.338 e. The highest BCUT2D eigenvalue weighted by atomic mass is 16.6. The van der Waals surface area contributed by atoms with Gasteiger partial charge in [-0.05, 0) is 55.5 Å². The lowest BCUT2D eigenvalue weighted by molar-refractivity contribution is -0.0855. The Hall–Kier alpha value is -5.57. The molecule has 0 saturated carbocycles. The smallest absolute Gasteiger partial charge is 0.338 e. The number of benzene rings is 4. The van der Waals surface area contributed by atoms with Crippen molar-refractivity contribution in [3.8, 4) is 5.69 Å². The second kappa shape index (κ2) is 13.2. The van der Waals surface area contributed by atoms with Gasteiger partial charge in [-0.1, -0.05) is 72.8 Å². The minimum atomic E-state index is -1.29. The number of esters is 3. The minimum Gasteiger partial charge on any atom is -0.455 e. The van der Waals surface area contributed by atoms with Crippen LogP contribution >= 0.6 is 0 Å². The first kappa shape index (κ1) is 28.0. The minimum absolute atomic E-state index is 0.191. The molecule has 0 aliphatic rings. The quantitative estimate of drug-likeness (QED) is 0.159. The van der Waals surface area contributed by atoms with Crippen LogP contribution in [0.15, 0.2) is 128 Å². The fourth-order valence-corrected chi connectivity index (χ4v) is 4.19. The summed E-state index contributed by atoms with van der Waals surface area (Å²) in [6.07, 6.45) is -2.23. The van der Waals surface area contributed by atoms with E-state index >= 15 is 0 Å². The van der Waals surface area contributed by atoms with Crippen LogP contribution in [-0.4, -0.2) is 45.1 Å². The molecule has 0 aliphatic heterocycles. The maximum absolute atomic E-state index is 13.3. The summed E-state index contributed by atoms with van der Waals surface area (Å²) in [5.74, 6) is -2.01. The number of aromatic nitrogens is 3. The van der Waals surface area contributed by atoms with Gasteiger partial charge in [-0.2, -0.15) is 9.90 Å². The van der Waals surface area contributed by atoms with Gasteiger partial charge < -0.3 is 14.2 Å². The van der Waals surface area contributed by atoms with E-state index in [1.54, 1.807) is 97.9 Å². The number of ether oxygens (including phenoxy) is 3. The summed E-state index contributed by atoms with van der Waals surface area (Å²) in [7, 11) is 0. The molecule has 0 fully saturated rings. The fourth-order valence-electron chi connectivity index (χ4n) is 4.19. The van der Waals surface area contributed by atoms with Gasteiger partial charge in [0, 0.05) is 0 Å². The monoisotopic (exact) mass is 561 g/mol. The van der Waals surface area contributed by atoms with Crippen LogP contribution in [0.2, 0.25) is 0 Å². The first-order valence-electron chi connectivity index (χ1n) is 13.3. The molecule has 0 amide bonds. The lowest BCUT2D eigenvalue weighted by Crippen LogP contribution is -2.40. The molecule has 9 heteroatoms. The second-order valence-electron chi connectivity index (χ2n) is 9.30. The number of rotatable bonds is 10. The Labute approximate surface area is 242 Å². The zero-order chi connectivity index (χ0) is 29.3. The topological polar surface area (TPSA) is 110 Å². The zero-order valence-electron chi connectivity index (χ0n) is 22.6. The third-order valence-electron chi connectivity index (χ3n) is 6.35. The van der Waals surface area contributed by atoms with Gasteiger partial charge in [0.05, 0.1) is 28.6 Å². The predicted molar refractivity (Wildman–Crippen MR) is 153 cm³/mol. The van der Waals surface area contributed by atoms with Gasteiger partial charge in [0.1, 0.15) is 11.8 Å². The molecular weight excluding hydrogens is 534 g/mol. The molecule has 1 heterocycles. The largest absolute Gasteiger partial charge is 0.455 e. The number of hydrogen-bond acceptors (Lipinski definition) is 8. The maximum atomic E-state index is 13.3. The van der Waals surface area contributed by atoms with Crippen LogP contribution < -0.4 is 0 Å². The summed E-state index contributed by atoms with van der Waals surface area (Å²) in [6.45, 7) is 1.56. The fraction of sp³-hybridized carbons (Fsp3) is 0.121. The van der Waals surface area contributed by atoms with E-state index in [1.165, 1.54) is 11.0 Å². The molecule has 0 radical (unpaired) electrons. The molecule has 210 valence electrons. The first-order chi connectivity index (χ1) is 20.5. The molecule has 0 saturated heterocycles. The Bertz CT molecular complexity index is 1630. The van der Waals surface area contributed by atoms with Crippen molar-refractivity contribution in [2.45, 2.75) is 25.2 Å². The van der Waals surface area contributed by atoms with E-state index < -0.39 is 36.2 Å². The van der Waals surface area contributed by atoms with E-state index in [1.807, 2.05) is 30.3 Å². The molecule has 9 nitrogen and oxygen atoms in total. The van der Waals surface area contributed by atoms with Gasteiger partial charge in [0.25, 0.3) is 0 Å². The van der Waals surface area contributed by atoms with Crippen LogP contribution in [0, 0.1) is 0 Å². The van der Waals surface area contributed by atoms with E-state index in [9.17, 15) is 14.4 Å². The van der Waals surface area contributed by atoms with Crippen molar-refractivity contribution in [1.82, 2.24) is 15.0 Å². The van der Waals surface area contributed by atoms with Crippen molar-refractivity contribution in [2.75, 3.05) is 0 Å². The molecule has 0 spiro atoms. The first-order valence-corrected chi connectivity index (χ1v) is 13.3. The van der Waals surface area contributed by atoms with Crippen LogP contribution in [0.5, 0.6) is 0 Å². The van der Waals surface area contributed by atoms with Crippen LogP contribution in [0.4, 0.5) is 0 Å². The Morgan fingerprint density at radius 3 is 1.52 bits per heavy atom. The van der Waals surface area contributed by atoms with Crippen LogP contribution in [0.25, 0.3) is 5.69 Å². The van der Waals surface area contributed by atoms with Crippen molar-refractivity contribution in [3.05, 3.63) is 150 Å². The Kier molecular flexibility index (Phi) is 8.79. The average Bonchev–Trinajstić information content (AvgIpc) is 3.54. The molecule has 0 N–H and O–H groups in total.